The van der Waals surface area contributed by atoms with Gasteiger partial charge in [0.15, 0.2) is 5.92 Å². The number of carboxylic acids is 1. The van der Waals surface area contributed by atoms with Crippen molar-refractivity contribution in [2.45, 2.75) is 20.0 Å². The standard InChI is InChI=1S/C12H12ClF3O3/c1-6-3-8(4-7(2)10(6)13)19-5-9(11(17)18)12(14,15)16/h3-4,9H,5H2,1-2H3,(H,17,18). The fourth-order valence-electron chi connectivity index (χ4n) is 1.47. The van der Waals surface area contributed by atoms with Crippen LogP contribution in [0.4, 0.5) is 13.2 Å². The van der Waals surface area contributed by atoms with Crippen LogP contribution in [0.3, 0.4) is 0 Å². The minimum atomic E-state index is -4.84. The molecule has 0 saturated heterocycles. The molecule has 1 N–H and O–H groups in total. The summed E-state index contributed by atoms with van der Waals surface area (Å²) in [6.45, 7) is 2.39. The maximum atomic E-state index is 12.4. The van der Waals surface area contributed by atoms with Crippen molar-refractivity contribution in [1.29, 1.82) is 0 Å². The Morgan fingerprint density at radius 2 is 1.84 bits per heavy atom. The molecule has 0 saturated carbocycles. The van der Waals surface area contributed by atoms with E-state index >= 15 is 0 Å². The smallest absolute Gasteiger partial charge is 0.405 e. The summed E-state index contributed by atoms with van der Waals surface area (Å²) in [6, 6.07) is 2.93. The summed E-state index contributed by atoms with van der Waals surface area (Å²) in [5, 5.41) is 9.02. The number of alkyl halides is 3. The Labute approximate surface area is 112 Å². The Balaban J connectivity index is 2.84. The summed E-state index contributed by atoms with van der Waals surface area (Å²) in [7, 11) is 0. The number of halogens is 4. The van der Waals surface area contributed by atoms with Crippen molar-refractivity contribution in [3.05, 3.63) is 28.3 Å². The van der Waals surface area contributed by atoms with Crippen LogP contribution >= 0.6 is 11.6 Å². The lowest BCUT2D eigenvalue weighted by molar-refractivity contribution is -0.198. The fraction of sp³-hybridized carbons (Fsp3) is 0.417. The number of carboxylic acid groups (broad SMARTS) is 1. The topological polar surface area (TPSA) is 46.5 Å². The lowest BCUT2D eigenvalue weighted by atomic mass is 10.1. The van der Waals surface area contributed by atoms with Gasteiger partial charge in [0.1, 0.15) is 12.4 Å². The SMILES string of the molecule is Cc1cc(OCC(C(=O)O)C(F)(F)F)cc(C)c1Cl. The van der Waals surface area contributed by atoms with Gasteiger partial charge in [0.25, 0.3) is 0 Å². The number of rotatable bonds is 4. The second kappa shape index (κ2) is 5.69. The van der Waals surface area contributed by atoms with E-state index in [-0.39, 0.29) is 5.75 Å². The second-order valence-corrected chi connectivity index (χ2v) is 4.49. The van der Waals surface area contributed by atoms with Gasteiger partial charge in [-0.25, -0.2) is 0 Å². The van der Waals surface area contributed by atoms with Crippen LogP contribution in [0, 0.1) is 19.8 Å². The lowest BCUT2D eigenvalue weighted by Crippen LogP contribution is -2.35. The first-order chi connectivity index (χ1) is 8.62. The third-order valence-corrected chi connectivity index (χ3v) is 3.12. The fourth-order valence-corrected chi connectivity index (χ4v) is 1.58. The number of benzene rings is 1. The highest BCUT2D eigenvalue weighted by atomic mass is 35.5. The third-order valence-electron chi connectivity index (χ3n) is 2.52. The molecule has 106 valence electrons. The van der Waals surface area contributed by atoms with Crippen LogP contribution in [0.15, 0.2) is 12.1 Å². The summed E-state index contributed by atoms with van der Waals surface area (Å²) in [4.78, 5) is 10.5. The predicted octanol–water partition coefficient (Wildman–Crippen LogP) is 3.60. The summed E-state index contributed by atoms with van der Waals surface area (Å²) in [6.07, 6.45) is -4.84. The molecule has 0 aliphatic carbocycles. The normalized spacial score (nSPS) is 13.2. The quantitative estimate of drug-likeness (QED) is 0.923. The van der Waals surface area contributed by atoms with E-state index in [1.54, 1.807) is 13.8 Å². The number of hydrogen-bond donors (Lipinski definition) is 1. The zero-order valence-corrected chi connectivity index (χ0v) is 11.0. The van der Waals surface area contributed by atoms with E-state index in [1.165, 1.54) is 12.1 Å². The minimum absolute atomic E-state index is 0.162. The van der Waals surface area contributed by atoms with Crippen molar-refractivity contribution < 1.29 is 27.8 Å². The van der Waals surface area contributed by atoms with Crippen LogP contribution in [-0.2, 0) is 4.79 Å². The first-order valence-corrected chi connectivity index (χ1v) is 5.69. The van der Waals surface area contributed by atoms with E-state index in [0.717, 1.165) is 0 Å². The van der Waals surface area contributed by atoms with E-state index in [4.69, 9.17) is 21.4 Å². The van der Waals surface area contributed by atoms with E-state index in [1.807, 2.05) is 0 Å². The number of carbonyl (C=O) groups is 1. The molecule has 1 aromatic carbocycles. The van der Waals surface area contributed by atoms with Gasteiger partial charge >= 0.3 is 12.1 Å². The van der Waals surface area contributed by atoms with Crippen molar-refractivity contribution in [1.82, 2.24) is 0 Å². The first-order valence-electron chi connectivity index (χ1n) is 5.32. The molecule has 7 heteroatoms. The van der Waals surface area contributed by atoms with E-state index < -0.39 is 24.7 Å². The van der Waals surface area contributed by atoms with Gasteiger partial charge in [0, 0.05) is 5.02 Å². The number of aryl methyl sites for hydroxylation is 2. The number of ether oxygens (including phenoxy) is 1. The molecule has 0 aliphatic heterocycles. The predicted molar refractivity (Wildman–Crippen MR) is 63.6 cm³/mol. The zero-order valence-electron chi connectivity index (χ0n) is 10.2. The zero-order chi connectivity index (χ0) is 14.8. The van der Waals surface area contributed by atoms with Gasteiger partial charge < -0.3 is 9.84 Å². The van der Waals surface area contributed by atoms with Crippen LogP contribution in [0.1, 0.15) is 11.1 Å². The van der Waals surface area contributed by atoms with Gasteiger partial charge in [-0.2, -0.15) is 13.2 Å². The maximum absolute atomic E-state index is 12.4. The van der Waals surface area contributed by atoms with Crippen LogP contribution in [0.5, 0.6) is 5.75 Å². The molecular formula is C12H12ClF3O3. The van der Waals surface area contributed by atoms with Crippen LogP contribution in [-0.4, -0.2) is 23.9 Å². The Morgan fingerprint density at radius 1 is 1.37 bits per heavy atom. The Morgan fingerprint density at radius 3 is 2.21 bits per heavy atom. The molecule has 0 amide bonds. The molecule has 0 aromatic heterocycles. The molecule has 3 nitrogen and oxygen atoms in total. The van der Waals surface area contributed by atoms with Crippen LogP contribution in [0.25, 0.3) is 0 Å². The molecular weight excluding hydrogens is 285 g/mol. The summed E-state index contributed by atoms with van der Waals surface area (Å²) >= 11 is 5.91. The van der Waals surface area contributed by atoms with Gasteiger partial charge in [-0.3, -0.25) is 4.79 Å². The van der Waals surface area contributed by atoms with Crippen LogP contribution < -0.4 is 4.74 Å². The highest BCUT2D eigenvalue weighted by Crippen LogP contribution is 2.29. The van der Waals surface area contributed by atoms with Gasteiger partial charge in [-0.1, -0.05) is 11.6 Å². The van der Waals surface area contributed by atoms with Gasteiger partial charge in [0.05, 0.1) is 0 Å². The Hall–Kier alpha value is -1.43. The number of aliphatic carboxylic acids is 1. The van der Waals surface area contributed by atoms with Gasteiger partial charge in [-0.15, -0.1) is 0 Å². The molecule has 1 rings (SSSR count). The molecule has 0 spiro atoms. The largest absolute Gasteiger partial charge is 0.492 e. The van der Waals surface area contributed by atoms with E-state index in [2.05, 4.69) is 0 Å². The molecule has 0 radical (unpaired) electrons. The lowest BCUT2D eigenvalue weighted by Gasteiger charge is -2.17. The van der Waals surface area contributed by atoms with E-state index in [0.29, 0.717) is 16.1 Å². The minimum Gasteiger partial charge on any atom is -0.492 e. The molecule has 1 atom stereocenters. The van der Waals surface area contributed by atoms with Crippen LogP contribution in [0.2, 0.25) is 5.02 Å². The molecule has 1 aromatic rings. The highest BCUT2D eigenvalue weighted by Gasteiger charge is 2.45. The monoisotopic (exact) mass is 296 g/mol. The van der Waals surface area contributed by atoms with E-state index in [9.17, 15) is 18.0 Å². The van der Waals surface area contributed by atoms with Crippen molar-refractivity contribution in [2.24, 2.45) is 5.92 Å². The first kappa shape index (κ1) is 15.6. The maximum Gasteiger partial charge on any atom is 0.405 e. The average molecular weight is 297 g/mol. The molecule has 0 aliphatic rings. The van der Waals surface area contributed by atoms with Crippen molar-refractivity contribution in [3.63, 3.8) is 0 Å². The highest BCUT2D eigenvalue weighted by molar-refractivity contribution is 6.32. The van der Waals surface area contributed by atoms with Crippen molar-refractivity contribution >= 4 is 17.6 Å². The third kappa shape index (κ3) is 4.02. The number of hydrogen-bond acceptors (Lipinski definition) is 2. The molecule has 1 unspecified atom stereocenters. The molecule has 0 bridgehead atoms. The molecule has 0 fully saturated rings. The van der Waals surface area contributed by atoms with Gasteiger partial charge in [0.2, 0.25) is 0 Å². The average Bonchev–Trinajstić information content (AvgIpc) is 2.23. The second-order valence-electron chi connectivity index (χ2n) is 4.11. The summed E-state index contributed by atoms with van der Waals surface area (Å²) < 4.78 is 42.2. The summed E-state index contributed by atoms with van der Waals surface area (Å²) in [5.41, 5.74) is 1.30. The van der Waals surface area contributed by atoms with Gasteiger partial charge in [-0.05, 0) is 37.1 Å². The Bertz CT molecular complexity index is 463. The molecule has 0 heterocycles. The summed E-state index contributed by atoms with van der Waals surface area (Å²) in [5.74, 6) is -4.35. The Kier molecular flexibility index (Phi) is 4.68. The molecule has 19 heavy (non-hydrogen) atoms. The van der Waals surface area contributed by atoms with Crippen molar-refractivity contribution in [2.75, 3.05) is 6.61 Å². The van der Waals surface area contributed by atoms with Crippen molar-refractivity contribution in [3.8, 4) is 5.75 Å².